The van der Waals surface area contributed by atoms with Gasteiger partial charge in [-0.2, -0.15) is 5.10 Å². The highest BCUT2D eigenvalue weighted by atomic mass is 35.5. The minimum atomic E-state index is -1.01. The lowest BCUT2D eigenvalue weighted by atomic mass is 9.90. The third-order valence-electron chi connectivity index (χ3n) is 3.23. The maximum absolute atomic E-state index is 12.3. The number of nitrogens with zero attached hydrogens (tertiary/aromatic N) is 2. The normalized spacial score (nSPS) is 13.8. The third kappa shape index (κ3) is 2.69. The summed E-state index contributed by atoms with van der Waals surface area (Å²) < 4.78 is 6.58. The molecule has 1 aromatic carbocycles. The van der Waals surface area contributed by atoms with E-state index in [2.05, 4.69) is 10.4 Å². The van der Waals surface area contributed by atoms with E-state index < -0.39 is 5.54 Å². The van der Waals surface area contributed by atoms with Crippen LogP contribution in [0.3, 0.4) is 0 Å². The zero-order chi connectivity index (χ0) is 14.6. The molecule has 0 saturated carbocycles. The topological polar surface area (TPSA) is 56.2 Å². The number of rotatable bonds is 5. The first kappa shape index (κ1) is 14.6. The van der Waals surface area contributed by atoms with Crippen molar-refractivity contribution in [2.24, 2.45) is 0 Å². The van der Waals surface area contributed by atoms with Gasteiger partial charge in [-0.25, -0.2) is 4.79 Å². The van der Waals surface area contributed by atoms with Gasteiger partial charge in [-0.3, -0.25) is 10.00 Å². The molecule has 0 bridgehead atoms. The Morgan fingerprint density at radius 2 is 2.15 bits per heavy atom. The molecule has 5 nitrogen and oxygen atoms in total. The number of carbonyl (C=O) groups is 1. The van der Waals surface area contributed by atoms with Crippen LogP contribution >= 0.6 is 11.6 Å². The van der Waals surface area contributed by atoms with Crippen LogP contribution in [0.5, 0.6) is 0 Å². The van der Waals surface area contributed by atoms with Crippen molar-refractivity contribution >= 4 is 17.6 Å². The molecular formula is C14H16ClN3O2. The first-order chi connectivity index (χ1) is 9.62. The van der Waals surface area contributed by atoms with Gasteiger partial charge in [0.15, 0.2) is 5.54 Å². The SMILES string of the molecule is CNC(Cn1cc(Cl)cn1)(C(=O)OC)c1ccccc1. The maximum Gasteiger partial charge on any atom is 0.332 e. The van der Waals surface area contributed by atoms with Crippen LogP contribution in [-0.4, -0.2) is 29.9 Å². The lowest BCUT2D eigenvalue weighted by Gasteiger charge is -2.31. The summed E-state index contributed by atoms with van der Waals surface area (Å²) in [6, 6.07) is 9.39. The Labute approximate surface area is 122 Å². The molecular weight excluding hydrogens is 278 g/mol. The molecule has 0 aliphatic carbocycles. The van der Waals surface area contributed by atoms with Crippen LogP contribution < -0.4 is 5.32 Å². The molecule has 0 amide bonds. The van der Waals surface area contributed by atoms with Gasteiger partial charge in [0.25, 0.3) is 0 Å². The fraction of sp³-hybridized carbons (Fsp3) is 0.286. The molecule has 6 heteroatoms. The number of benzene rings is 1. The van der Waals surface area contributed by atoms with Crippen molar-refractivity contribution < 1.29 is 9.53 Å². The molecule has 106 valence electrons. The van der Waals surface area contributed by atoms with Crippen molar-refractivity contribution in [3.05, 3.63) is 53.3 Å². The van der Waals surface area contributed by atoms with Crippen LogP contribution in [0.25, 0.3) is 0 Å². The van der Waals surface area contributed by atoms with E-state index in [1.807, 2.05) is 30.3 Å². The molecule has 2 aromatic rings. The number of nitrogens with one attached hydrogen (secondary N) is 1. The van der Waals surface area contributed by atoms with Crippen molar-refractivity contribution in [2.45, 2.75) is 12.1 Å². The summed E-state index contributed by atoms with van der Waals surface area (Å²) in [7, 11) is 3.09. The number of hydrogen-bond donors (Lipinski definition) is 1. The quantitative estimate of drug-likeness (QED) is 0.855. The molecule has 0 radical (unpaired) electrons. The van der Waals surface area contributed by atoms with Crippen LogP contribution in [0, 0.1) is 0 Å². The van der Waals surface area contributed by atoms with Gasteiger partial charge in [0.05, 0.1) is 24.9 Å². The van der Waals surface area contributed by atoms with Gasteiger partial charge >= 0.3 is 5.97 Å². The van der Waals surface area contributed by atoms with E-state index >= 15 is 0 Å². The van der Waals surface area contributed by atoms with Gasteiger partial charge in [0.2, 0.25) is 0 Å². The summed E-state index contributed by atoms with van der Waals surface area (Å²) in [5.41, 5.74) is -0.202. The average Bonchev–Trinajstić information content (AvgIpc) is 2.90. The Morgan fingerprint density at radius 1 is 1.45 bits per heavy atom. The minimum Gasteiger partial charge on any atom is -0.467 e. The van der Waals surface area contributed by atoms with E-state index in [1.165, 1.54) is 13.3 Å². The maximum atomic E-state index is 12.3. The molecule has 20 heavy (non-hydrogen) atoms. The lowest BCUT2D eigenvalue weighted by molar-refractivity contribution is -0.149. The number of ether oxygens (including phenoxy) is 1. The summed E-state index contributed by atoms with van der Waals surface area (Å²) in [5, 5.41) is 7.71. The first-order valence-electron chi connectivity index (χ1n) is 6.13. The molecule has 1 unspecified atom stereocenters. The van der Waals surface area contributed by atoms with Crippen LogP contribution in [0.2, 0.25) is 5.02 Å². The predicted octanol–water partition coefficient (Wildman–Crippen LogP) is 1.82. The van der Waals surface area contributed by atoms with Gasteiger partial charge < -0.3 is 4.74 Å². The van der Waals surface area contributed by atoms with Gasteiger partial charge in [-0.05, 0) is 12.6 Å². The van der Waals surface area contributed by atoms with Gasteiger partial charge in [0, 0.05) is 6.20 Å². The largest absolute Gasteiger partial charge is 0.467 e. The second-order valence-electron chi connectivity index (χ2n) is 4.37. The smallest absolute Gasteiger partial charge is 0.332 e. The Balaban J connectivity index is 2.45. The second-order valence-corrected chi connectivity index (χ2v) is 4.81. The summed E-state index contributed by atoms with van der Waals surface area (Å²) >= 11 is 5.87. The van der Waals surface area contributed by atoms with Crippen molar-refractivity contribution in [1.82, 2.24) is 15.1 Å². The van der Waals surface area contributed by atoms with E-state index in [4.69, 9.17) is 16.3 Å². The highest BCUT2D eigenvalue weighted by Gasteiger charge is 2.40. The molecule has 1 N–H and O–H groups in total. The molecule has 0 aliphatic heterocycles. The van der Waals surface area contributed by atoms with Crippen LogP contribution in [0.15, 0.2) is 42.7 Å². The molecule has 2 rings (SSSR count). The fourth-order valence-corrected chi connectivity index (χ4v) is 2.32. The molecule has 0 fully saturated rings. The van der Waals surface area contributed by atoms with Crippen molar-refractivity contribution in [3.63, 3.8) is 0 Å². The molecule has 0 saturated heterocycles. The van der Waals surface area contributed by atoms with Gasteiger partial charge in [-0.15, -0.1) is 0 Å². The van der Waals surface area contributed by atoms with Crippen LogP contribution in [-0.2, 0) is 21.6 Å². The number of aromatic nitrogens is 2. The van der Waals surface area contributed by atoms with E-state index in [-0.39, 0.29) is 12.5 Å². The van der Waals surface area contributed by atoms with Crippen molar-refractivity contribution in [2.75, 3.05) is 14.2 Å². The van der Waals surface area contributed by atoms with Crippen molar-refractivity contribution in [1.29, 1.82) is 0 Å². The summed E-state index contributed by atoms with van der Waals surface area (Å²) in [6.45, 7) is 0.285. The molecule has 1 heterocycles. The number of esters is 1. The Hall–Kier alpha value is -1.85. The second kappa shape index (κ2) is 6.07. The first-order valence-corrected chi connectivity index (χ1v) is 6.51. The minimum absolute atomic E-state index is 0.285. The van der Waals surface area contributed by atoms with Crippen LogP contribution in [0.4, 0.5) is 0 Å². The number of halogens is 1. The number of hydrogen-bond acceptors (Lipinski definition) is 4. The monoisotopic (exact) mass is 293 g/mol. The molecule has 0 spiro atoms. The molecule has 1 aromatic heterocycles. The molecule has 0 aliphatic rings. The summed E-state index contributed by atoms with van der Waals surface area (Å²) in [6.07, 6.45) is 3.20. The molecule has 1 atom stereocenters. The number of carbonyl (C=O) groups excluding carboxylic acids is 1. The highest BCUT2D eigenvalue weighted by molar-refractivity contribution is 6.30. The Bertz CT molecular complexity index is 585. The van der Waals surface area contributed by atoms with E-state index in [0.717, 1.165) is 5.56 Å². The van der Waals surface area contributed by atoms with E-state index in [9.17, 15) is 4.79 Å². The number of likely N-dealkylation sites (N-methyl/N-ethyl adjacent to an activating group) is 1. The Kier molecular flexibility index (Phi) is 4.42. The average molecular weight is 294 g/mol. The standard InChI is InChI=1S/C14H16ClN3O2/c1-16-14(13(19)20-2,11-6-4-3-5-7-11)10-18-9-12(15)8-17-18/h3-9,16H,10H2,1-2H3. The van der Waals surface area contributed by atoms with E-state index in [1.54, 1.807) is 17.9 Å². The number of methoxy groups -OCH3 is 1. The highest BCUT2D eigenvalue weighted by Crippen LogP contribution is 2.25. The van der Waals surface area contributed by atoms with Crippen LogP contribution in [0.1, 0.15) is 5.56 Å². The zero-order valence-electron chi connectivity index (χ0n) is 11.3. The third-order valence-corrected chi connectivity index (χ3v) is 3.42. The summed E-state index contributed by atoms with van der Waals surface area (Å²) in [4.78, 5) is 12.3. The summed E-state index contributed by atoms with van der Waals surface area (Å²) in [5.74, 6) is -0.377. The fourth-order valence-electron chi connectivity index (χ4n) is 2.16. The van der Waals surface area contributed by atoms with Gasteiger partial charge in [0.1, 0.15) is 0 Å². The van der Waals surface area contributed by atoms with E-state index in [0.29, 0.717) is 5.02 Å². The Morgan fingerprint density at radius 3 is 2.65 bits per heavy atom. The zero-order valence-corrected chi connectivity index (χ0v) is 12.1. The predicted molar refractivity (Wildman–Crippen MR) is 76.4 cm³/mol. The van der Waals surface area contributed by atoms with Gasteiger partial charge in [-0.1, -0.05) is 41.9 Å². The van der Waals surface area contributed by atoms with Crippen molar-refractivity contribution in [3.8, 4) is 0 Å². The lowest BCUT2D eigenvalue weighted by Crippen LogP contribution is -2.51.